The maximum atomic E-state index is 8.93. The second-order valence-corrected chi connectivity index (χ2v) is 0.322. The van der Waals surface area contributed by atoms with Crippen LogP contribution in [0.5, 0.6) is 0 Å². The summed E-state index contributed by atoms with van der Waals surface area (Å²) in [5.41, 5.74) is 0. The summed E-state index contributed by atoms with van der Waals surface area (Å²) < 4.78 is 0. The third kappa shape index (κ3) is 100. The van der Waals surface area contributed by atoms with E-state index < -0.39 is 0 Å². The van der Waals surface area contributed by atoms with Crippen LogP contribution in [0.1, 0.15) is 0 Å². The molecule has 0 aromatic carbocycles. The molecule has 0 fully saturated rings. The van der Waals surface area contributed by atoms with Crippen LogP contribution in [-0.2, 0) is 55.4 Å². The number of hydrogen-bond donors (Lipinski definition) is 0. The zero-order valence-corrected chi connectivity index (χ0v) is 9.76. The minimum Gasteiger partial charge on any atom is -2.00 e. The van der Waals surface area contributed by atoms with Gasteiger partial charge in [-0.1, -0.05) is 0 Å². The van der Waals surface area contributed by atoms with Gasteiger partial charge in [0.25, 0.3) is 0 Å². The largest absolute Gasteiger partial charge is 3.00 e. The van der Waals surface area contributed by atoms with Crippen molar-refractivity contribution >= 4 is 6.29 Å². The van der Waals surface area contributed by atoms with Crippen LogP contribution in [-0.4, -0.2) is 6.29 Å². The molecule has 0 aromatic heterocycles. The molecule has 0 aliphatic heterocycles. The van der Waals surface area contributed by atoms with Crippen molar-refractivity contribution in [2.45, 2.75) is 0 Å². The van der Waals surface area contributed by atoms with Crippen LogP contribution in [0.2, 0.25) is 0 Å². The van der Waals surface area contributed by atoms with Crippen molar-refractivity contribution in [2.24, 2.45) is 0 Å². The first-order chi connectivity index (χ1) is 1.91. The van der Waals surface area contributed by atoms with Crippen molar-refractivity contribution in [1.29, 1.82) is 0 Å². The summed E-state index contributed by atoms with van der Waals surface area (Å²) in [4.78, 5) is 8.93. The van der Waals surface area contributed by atoms with E-state index in [2.05, 4.69) is 6.58 Å². The molecule has 2 radical (unpaired) electrons. The molecule has 0 unspecified atom stereocenters. The zero-order chi connectivity index (χ0) is 3.41. The van der Waals surface area contributed by atoms with Crippen LogP contribution >= 0.6 is 0 Å². The SMILES string of the molecule is C=C[C-]=O.[Ce+3].[Cu+2].[Fe+2].[O-2].[O-2].[O-2]. The van der Waals surface area contributed by atoms with Gasteiger partial charge in [0.1, 0.15) is 0 Å². The standard InChI is InChI=1S/C3H3O.Ce.Cu.Fe.3O/c1-2-3-4;;;;;;/h2H,1H2;;;;;;/q-1;+3;2*+2;3*-2. The number of hydrogen-bond acceptors (Lipinski definition) is 1. The van der Waals surface area contributed by atoms with E-state index in [1.807, 2.05) is 0 Å². The van der Waals surface area contributed by atoms with Gasteiger partial charge >= 0.3 is 75.9 Å². The Morgan fingerprint density at radius 2 is 1.30 bits per heavy atom. The van der Waals surface area contributed by atoms with Crippen LogP contribution in [0.3, 0.4) is 0 Å². The van der Waals surface area contributed by atoms with Crippen LogP contribution in [0.25, 0.3) is 0 Å². The van der Waals surface area contributed by atoms with Crippen molar-refractivity contribution in [2.75, 3.05) is 0 Å². The summed E-state index contributed by atoms with van der Waals surface area (Å²) in [5.74, 6) is 0. The Labute approximate surface area is 114 Å². The molecule has 62 valence electrons. The third-order valence-electron chi connectivity index (χ3n) is 0.0833. The Balaban J connectivity index is -0.00000000300. The van der Waals surface area contributed by atoms with Gasteiger partial charge in [-0.05, 0) is 6.29 Å². The summed E-state index contributed by atoms with van der Waals surface area (Å²) in [6.07, 6.45) is 2.51. The zero-order valence-electron chi connectivity index (χ0n) is 4.57. The van der Waals surface area contributed by atoms with Gasteiger partial charge in [0.2, 0.25) is 0 Å². The smallest absolute Gasteiger partial charge is 2.00 e. The molecule has 0 aromatic rings. The maximum absolute atomic E-state index is 8.93. The molecule has 0 saturated carbocycles. The van der Waals surface area contributed by atoms with Crippen molar-refractivity contribution < 1.29 is 97.1 Å². The first-order valence-electron chi connectivity index (χ1n) is 0.901. The van der Waals surface area contributed by atoms with Gasteiger partial charge in [-0.3, -0.25) is 0 Å². The molecule has 0 rings (SSSR count). The molecule has 0 N–H and O–H groups in total. The van der Waals surface area contributed by atoms with Crippen LogP contribution in [0, 0.1) is 41.7 Å². The third-order valence-corrected chi connectivity index (χ3v) is 0.0833. The Hall–Kier alpha value is 1.71. The van der Waals surface area contributed by atoms with E-state index in [1.54, 1.807) is 0 Å². The summed E-state index contributed by atoms with van der Waals surface area (Å²) in [6, 6.07) is 0. The van der Waals surface area contributed by atoms with Gasteiger partial charge in [-0.15, -0.1) is 0 Å². The van der Waals surface area contributed by atoms with Crippen molar-refractivity contribution in [3.8, 4) is 0 Å². The summed E-state index contributed by atoms with van der Waals surface area (Å²) >= 11 is 0. The van der Waals surface area contributed by atoms with Gasteiger partial charge in [0, 0.05) is 0 Å². The minimum absolute atomic E-state index is 0. The molecule has 4 nitrogen and oxygen atoms in total. The maximum Gasteiger partial charge on any atom is 3.00 e. The molecule has 0 aliphatic rings. The Bertz CT molecular complexity index is 41.5. The second kappa shape index (κ2) is 73.4. The first kappa shape index (κ1) is 60.6. The van der Waals surface area contributed by atoms with Gasteiger partial charge < -0.3 is 21.2 Å². The van der Waals surface area contributed by atoms with E-state index in [4.69, 9.17) is 4.79 Å². The average Bonchev–Trinajstić information content (AvgIpc) is 1.37. The molecular formula is C3H3CeCuFeO4. The summed E-state index contributed by atoms with van der Waals surface area (Å²) in [7, 11) is 0. The van der Waals surface area contributed by atoms with Gasteiger partial charge in [0.05, 0.1) is 0 Å². The summed E-state index contributed by atoms with van der Waals surface area (Å²) in [6.45, 7) is 3.06. The van der Waals surface area contributed by atoms with E-state index in [9.17, 15) is 0 Å². The molecule has 0 spiro atoms. The normalized spacial score (nSPS) is 2.00. The molecular weight excluding hydrogens is 360 g/mol. The molecule has 10 heavy (non-hydrogen) atoms. The molecule has 0 amide bonds. The monoisotopic (exact) mass is 362 g/mol. The minimum atomic E-state index is 0. The number of rotatable bonds is 1. The van der Waals surface area contributed by atoms with E-state index in [0.717, 1.165) is 6.08 Å². The van der Waals surface area contributed by atoms with Gasteiger partial charge in [-0.25, -0.2) is 12.7 Å². The molecule has 0 aliphatic carbocycles. The van der Waals surface area contributed by atoms with Crippen LogP contribution in [0.15, 0.2) is 12.7 Å². The number of allylic oxidation sites excluding steroid dienone is 1. The second-order valence-electron chi connectivity index (χ2n) is 0.322. The first-order valence-corrected chi connectivity index (χ1v) is 0.901. The van der Waals surface area contributed by atoms with Crippen LogP contribution in [0.4, 0.5) is 0 Å². The molecule has 0 atom stereocenters. The molecule has 7 heteroatoms. The average molecular weight is 363 g/mol. The fourth-order valence-corrected chi connectivity index (χ4v) is 0. The van der Waals surface area contributed by atoms with E-state index in [0.29, 0.717) is 0 Å². The molecule has 0 heterocycles. The fraction of sp³-hybridized carbons (Fsp3) is 0. The van der Waals surface area contributed by atoms with Crippen molar-refractivity contribution in [3.05, 3.63) is 12.7 Å². The number of carbonyl (C=O) groups excluding carboxylic acids is 1. The van der Waals surface area contributed by atoms with Crippen LogP contribution < -0.4 is 0 Å². The van der Waals surface area contributed by atoms with E-state index in [-0.39, 0.29) is 92.3 Å². The summed E-state index contributed by atoms with van der Waals surface area (Å²) in [5, 5.41) is 0. The molecule has 0 bridgehead atoms. The Morgan fingerprint density at radius 3 is 1.30 bits per heavy atom. The predicted molar refractivity (Wildman–Crippen MR) is 17.9 cm³/mol. The Morgan fingerprint density at radius 1 is 1.20 bits per heavy atom. The molecule has 0 saturated heterocycles. The fourth-order valence-electron chi connectivity index (χ4n) is 0. The topological polar surface area (TPSA) is 103 Å². The predicted octanol–water partition coefficient (Wildman–Crippen LogP) is -0.0793. The quantitative estimate of drug-likeness (QED) is 0.363. The van der Waals surface area contributed by atoms with Crippen molar-refractivity contribution in [3.63, 3.8) is 0 Å². The van der Waals surface area contributed by atoms with E-state index >= 15 is 0 Å². The van der Waals surface area contributed by atoms with Crippen molar-refractivity contribution in [1.82, 2.24) is 0 Å². The van der Waals surface area contributed by atoms with Gasteiger partial charge in [-0.2, -0.15) is 0 Å². The van der Waals surface area contributed by atoms with E-state index in [1.165, 1.54) is 6.29 Å². The van der Waals surface area contributed by atoms with Gasteiger partial charge in [0.15, 0.2) is 0 Å². The Kier molecular flexibility index (Phi) is 445.